The molecule has 12 heavy (non-hydrogen) atoms. The van der Waals surface area contributed by atoms with Gasteiger partial charge in [-0.2, -0.15) is 0 Å². The highest BCUT2D eigenvalue weighted by molar-refractivity contribution is 6.31. The summed E-state index contributed by atoms with van der Waals surface area (Å²) in [6.45, 7) is 0.269. The van der Waals surface area contributed by atoms with E-state index in [-0.39, 0.29) is 6.54 Å². The van der Waals surface area contributed by atoms with Gasteiger partial charge in [0.15, 0.2) is 0 Å². The molecule has 1 unspecified atom stereocenters. The molecule has 2 nitrogen and oxygen atoms in total. The van der Waals surface area contributed by atoms with Gasteiger partial charge in [-0.15, -0.1) is 0 Å². The number of halogens is 1. The van der Waals surface area contributed by atoms with Crippen LogP contribution in [0.5, 0.6) is 0 Å². The molecule has 0 heterocycles. The van der Waals surface area contributed by atoms with Gasteiger partial charge in [0.25, 0.3) is 0 Å². The van der Waals surface area contributed by atoms with Crippen LogP contribution >= 0.6 is 11.6 Å². The maximum atomic E-state index is 9.25. The number of hydrogen-bond donors (Lipinski definition) is 2. The second kappa shape index (κ2) is 4.45. The van der Waals surface area contributed by atoms with E-state index in [0.717, 1.165) is 5.56 Å². The van der Waals surface area contributed by atoms with Crippen molar-refractivity contribution in [1.82, 2.24) is 0 Å². The minimum absolute atomic E-state index is 0.269. The standard InChI is InChI=1S/C9H12ClNO/c10-9-4-2-1-3-7(9)5-8(12)6-11/h1-4,8,12H,5-6,11H2. The Morgan fingerprint density at radius 1 is 1.42 bits per heavy atom. The van der Waals surface area contributed by atoms with E-state index in [9.17, 15) is 5.11 Å². The zero-order chi connectivity index (χ0) is 8.97. The molecule has 3 N–H and O–H groups in total. The maximum Gasteiger partial charge on any atom is 0.0703 e. The van der Waals surface area contributed by atoms with E-state index < -0.39 is 6.10 Å². The quantitative estimate of drug-likeness (QED) is 0.744. The molecule has 3 heteroatoms. The molecule has 0 saturated heterocycles. The fraction of sp³-hybridized carbons (Fsp3) is 0.333. The van der Waals surface area contributed by atoms with Gasteiger partial charge in [0.2, 0.25) is 0 Å². The third-order valence-electron chi connectivity index (χ3n) is 1.69. The van der Waals surface area contributed by atoms with E-state index in [1.54, 1.807) is 6.07 Å². The first-order valence-corrected chi connectivity index (χ1v) is 4.23. The van der Waals surface area contributed by atoms with Crippen LogP contribution in [0.4, 0.5) is 0 Å². The predicted molar refractivity (Wildman–Crippen MR) is 50.2 cm³/mol. The van der Waals surface area contributed by atoms with Crippen LogP contribution in [0.2, 0.25) is 5.02 Å². The van der Waals surface area contributed by atoms with Crippen molar-refractivity contribution < 1.29 is 5.11 Å². The van der Waals surface area contributed by atoms with Crippen LogP contribution in [0.15, 0.2) is 24.3 Å². The molecule has 1 aromatic carbocycles. The average molecular weight is 186 g/mol. The summed E-state index contributed by atoms with van der Waals surface area (Å²) in [5.74, 6) is 0. The molecule has 0 aliphatic carbocycles. The lowest BCUT2D eigenvalue weighted by Gasteiger charge is -2.08. The van der Waals surface area contributed by atoms with Gasteiger partial charge in [0.05, 0.1) is 6.10 Å². The van der Waals surface area contributed by atoms with E-state index >= 15 is 0 Å². The van der Waals surface area contributed by atoms with Crippen LogP contribution in [0.1, 0.15) is 5.56 Å². The van der Waals surface area contributed by atoms with Crippen LogP contribution in [0.3, 0.4) is 0 Å². The zero-order valence-corrected chi connectivity index (χ0v) is 7.46. The number of rotatable bonds is 3. The minimum Gasteiger partial charge on any atom is -0.391 e. The van der Waals surface area contributed by atoms with Crippen LogP contribution in [0.25, 0.3) is 0 Å². The SMILES string of the molecule is NCC(O)Cc1ccccc1Cl. The minimum atomic E-state index is -0.495. The molecule has 0 aromatic heterocycles. The highest BCUT2D eigenvalue weighted by Gasteiger charge is 2.05. The molecular weight excluding hydrogens is 174 g/mol. The lowest BCUT2D eigenvalue weighted by atomic mass is 10.1. The van der Waals surface area contributed by atoms with E-state index in [1.807, 2.05) is 18.2 Å². The Hall–Kier alpha value is -0.570. The highest BCUT2D eigenvalue weighted by Crippen LogP contribution is 2.16. The molecule has 0 spiro atoms. The van der Waals surface area contributed by atoms with E-state index in [1.165, 1.54) is 0 Å². The van der Waals surface area contributed by atoms with Crippen LogP contribution in [-0.4, -0.2) is 17.8 Å². The molecule has 1 atom stereocenters. The average Bonchev–Trinajstić information content (AvgIpc) is 2.09. The Morgan fingerprint density at radius 2 is 2.08 bits per heavy atom. The number of aliphatic hydroxyl groups excluding tert-OH is 1. The Morgan fingerprint density at radius 3 is 2.67 bits per heavy atom. The summed E-state index contributed by atoms with van der Waals surface area (Å²) >= 11 is 5.87. The Balaban J connectivity index is 2.69. The summed E-state index contributed by atoms with van der Waals surface area (Å²) in [4.78, 5) is 0. The molecule has 0 bridgehead atoms. The third kappa shape index (κ3) is 2.48. The Labute approximate surface area is 77.0 Å². The molecule has 1 aromatic rings. The van der Waals surface area contributed by atoms with Gasteiger partial charge in [0.1, 0.15) is 0 Å². The molecule has 0 aliphatic rings. The molecule has 0 fully saturated rings. The van der Waals surface area contributed by atoms with Crippen LogP contribution in [-0.2, 0) is 6.42 Å². The summed E-state index contributed by atoms with van der Waals surface area (Å²) in [5.41, 5.74) is 6.22. The number of nitrogens with two attached hydrogens (primary N) is 1. The van der Waals surface area contributed by atoms with Gasteiger partial charge in [-0.3, -0.25) is 0 Å². The molecule has 0 aliphatic heterocycles. The van der Waals surface area contributed by atoms with Crippen molar-refractivity contribution in [3.8, 4) is 0 Å². The van der Waals surface area contributed by atoms with Gasteiger partial charge >= 0.3 is 0 Å². The zero-order valence-electron chi connectivity index (χ0n) is 6.70. The van der Waals surface area contributed by atoms with E-state index in [2.05, 4.69) is 0 Å². The van der Waals surface area contributed by atoms with Gasteiger partial charge < -0.3 is 10.8 Å². The van der Waals surface area contributed by atoms with Gasteiger partial charge in [0, 0.05) is 18.0 Å². The predicted octanol–water partition coefficient (Wildman–Crippen LogP) is 1.20. The molecule has 0 saturated carbocycles. The molecule has 0 amide bonds. The second-order valence-corrected chi connectivity index (χ2v) is 3.09. The first-order chi connectivity index (χ1) is 5.74. The lowest BCUT2D eigenvalue weighted by Crippen LogP contribution is -2.22. The fourth-order valence-corrected chi connectivity index (χ4v) is 1.21. The maximum absolute atomic E-state index is 9.25. The topological polar surface area (TPSA) is 46.2 Å². The monoisotopic (exact) mass is 185 g/mol. The van der Waals surface area contributed by atoms with Gasteiger partial charge in [-0.25, -0.2) is 0 Å². The third-order valence-corrected chi connectivity index (χ3v) is 2.05. The fourth-order valence-electron chi connectivity index (χ4n) is 1.00. The normalized spacial score (nSPS) is 12.9. The Bertz CT molecular complexity index is 252. The first kappa shape index (κ1) is 9.52. The number of hydrogen-bond acceptors (Lipinski definition) is 2. The summed E-state index contributed by atoms with van der Waals surface area (Å²) in [5, 5.41) is 9.94. The number of aliphatic hydroxyl groups is 1. The van der Waals surface area contributed by atoms with Crippen molar-refractivity contribution in [3.63, 3.8) is 0 Å². The van der Waals surface area contributed by atoms with Crippen molar-refractivity contribution in [2.75, 3.05) is 6.54 Å². The van der Waals surface area contributed by atoms with Gasteiger partial charge in [-0.1, -0.05) is 29.8 Å². The molecular formula is C9H12ClNO. The first-order valence-electron chi connectivity index (χ1n) is 3.85. The van der Waals surface area contributed by atoms with Crippen molar-refractivity contribution in [1.29, 1.82) is 0 Å². The van der Waals surface area contributed by atoms with Crippen molar-refractivity contribution >= 4 is 11.6 Å². The van der Waals surface area contributed by atoms with E-state index in [0.29, 0.717) is 11.4 Å². The van der Waals surface area contributed by atoms with Crippen molar-refractivity contribution in [3.05, 3.63) is 34.9 Å². The van der Waals surface area contributed by atoms with Crippen molar-refractivity contribution in [2.45, 2.75) is 12.5 Å². The summed E-state index contributed by atoms with van der Waals surface area (Å²) in [6.07, 6.45) is 0.0285. The van der Waals surface area contributed by atoms with Crippen LogP contribution in [0, 0.1) is 0 Å². The molecule has 66 valence electrons. The van der Waals surface area contributed by atoms with Gasteiger partial charge in [-0.05, 0) is 11.6 Å². The number of benzene rings is 1. The molecule has 1 rings (SSSR count). The molecule has 0 radical (unpaired) electrons. The summed E-state index contributed by atoms with van der Waals surface area (Å²) in [7, 11) is 0. The van der Waals surface area contributed by atoms with E-state index in [4.69, 9.17) is 17.3 Å². The summed E-state index contributed by atoms with van der Waals surface area (Å²) in [6, 6.07) is 7.45. The van der Waals surface area contributed by atoms with Crippen LogP contribution < -0.4 is 5.73 Å². The lowest BCUT2D eigenvalue weighted by molar-refractivity contribution is 0.183. The highest BCUT2D eigenvalue weighted by atomic mass is 35.5. The largest absolute Gasteiger partial charge is 0.391 e. The Kier molecular flexibility index (Phi) is 3.53. The summed E-state index contributed by atoms with van der Waals surface area (Å²) < 4.78 is 0. The van der Waals surface area contributed by atoms with Crippen molar-refractivity contribution in [2.24, 2.45) is 5.73 Å². The second-order valence-electron chi connectivity index (χ2n) is 2.69. The smallest absolute Gasteiger partial charge is 0.0703 e.